The van der Waals surface area contributed by atoms with Crippen molar-refractivity contribution < 1.29 is 99.3 Å². The van der Waals surface area contributed by atoms with Crippen molar-refractivity contribution in [1.29, 1.82) is 0 Å². The van der Waals surface area contributed by atoms with Crippen LogP contribution in [-0.2, 0) is 30.6 Å². The van der Waals surface area contributed by atoms with Crippen molar-refractivity contribution >= 4 is 20.2 Å². The van der Waals surface area contributed by atoms with Crippen molar-refractivity contribution in [3.63, 3.8) is 0 Å². The van der Waals surface area contributed by atoms with Crippen LogP contribution in [0, 0.1) is 0 Å². The fraction of sp³-hybridized carbons (Fsp3) is 0.633. The number of hydrogen-bond donors (Lipinski definition) is 0. The Balaban J connectivity index is 0.00000992. The summed E-state index contributed by atoms with van der Waals surface area (Å²) in [7, 11) is -8.67. The van der Waals surface area contributed by atoms with Gasteiger partial charge in [-0.1, -0.05) is 158 Å². The third-order valence-corrected chi connectivity index (χ3v) is 12.8. The molecule has 0 aromatic heterocycles. The summed E-state index contributed by atoms with van der Waals surface area (Å²) in [5, 5.41) is 0. The van der Waals surface area contributed by atoms with Crippen molar-refractivity contribution in [3.8, 4) is 11.5 Å². The summed E-state index contributed by atoms with van der Waals surface area (Å²) in [6.07, 6.45) is 21.1. The molecule has 0 radical (unpaired) electrons. The zero-order valence-corrected chi connectivity index (χ0v) is 44.9. The number of benzene rings is 3. The summed E-state index contributed by atoms with van der Waals surface area (Å²) >= 11 is 0. The van der Waals surface area contributed by atoms with Crippen molar-refractivity contribution in [2.75, 3.05) is 51.0 Å². The normalized spacial score (nSPS) is 11.9. The molecule has 14 heteroatoms. The molecule has 0 fully saturated rings. The van der Waals surface area contributed by atoms with Crippen LogP contribution in [0.4, 0.5) is 0 Å². The average Bonchev–Trinajstić information content (AvgIpc) is 3.24. The zero-order chi connectivity index (χ0) is 44.1. The van der Waals surface area contributed by atoms with Gasteiger partial charge in [-0.25, -0.2) is 16.8 Å². The summed E-state index contributed by atoms with van der Waals surface area (Å²) in [6, 6.07) is 26.4. The standard InChI is InChI=1S/C49H77NO9S2.2Na/c1-3-5-7-9-11-13-15-22-39-57-47-32-28-45(29-33-47)49(44-26-18-17-19-27-44,46-30-34-48(35-31-46)58-40-23-16-14-12-10-8-6-4-2)59-41-38-50(36-20-24-42-60(51,52)53)37-21-25-43-61(54,55)56;;/h17-19,26-35H,3-16,20-25,36-43H2,1-2H3,(H,51,52,53)(H,54,55,56);;/q;2*+1/p-2. The maximum atomic E-state index is 11.3. The molecule has 3 rings (SSSR count). The second kappa shape index (κ2) is 35.2. The van der Waals surface area contributed by atoms with Crippen molar-refractivity contribution in [2.45, 2.75) is 148 Å². The molecule has 344 valence electrons. The monoisotopic (exact) mass is 931 g/mol. The van der Waals surface area contributed by atoms with E-state index < -0.39 is 37.3 Å². The van der Waals surface area contributed by atoms with Crippen molar-refractivity contribution in [2.24, 2.45) is 0 Å². The van der Waals surface area contributed by atoms with Gasteiger partial charge in [-0.15, -0.1) is 0 Å². The average molecular weight is 932 g/mol. The zero-order valence-electron chi connectivity index (χ0n) is 39.2. The minimum absolute atomic E-state index is 0. The number of ether oxygens (including phenoxy) is 3. The summed E-state index contributed by atoms with van der Waals surface area (Å²) in [5.41, 5.74) is 1.73. The molecule has 0 atom stereocenters. The third kappa shape index (κ3) is 26.2. The van der Waals surface area contributed by atoms with Gasteiger partial charge >= 0.3 is 59.1 Å². The van der Waals surface area contributed by atoms with Crippen LogP contribution in [0.15, 0.2) is 78.9 Å². The fourth-order valence-electron chi connectivity index (χ4n) is 7.74. The predicted octanol–water partition coefficient (Wildman–Crippen LogP) is 4.99. The van der Waals surface area contributed by atoms with E-state index in [2.05, 4.69) is 55.1 Å². The van der Waals surface area contributed by atoms with E-state index in [0.29, 0.717) is 45.7 Å². The molecule has 0 N–H and O–H groups in total. The van der Waals surface area contributed by atoms with E-state index in [0.717, 1.165) is 53.9 Å². The van der Waals surface area contributed by atoms with E-state index in [9.17, 15) is 25.9 Å². The number of unbranched alkanes of at least 4 members (excludes halogenated alkanes) is 16. The smallest absolute Gasteiger partial charge is 0.748 e. The summed E-state index contributed by atoms with van der Waals surface area (Å²) < 4.78 is 87.2. The van der Waals surface area contributed by atoms with Crippen LogP contribution in [0.2, 0.25) is 0 Å². The third-order valence-electron chi connectivity index (χ3n) is 11.2. The van der Waals surface area contributed by atoms with Gasteiger partial charge in [-0.05, 0) is 92.6 Å². The molecule has 0 aliphatic carbocycles. The molecule has 0 saturated carbocycles. The van der Waals surface area contributed by atoms with E-state index >= 15 is 0 Å². The van der Waals surface area contributed by atoms with Crippen LogP contribution in [0.3, 0.4) is 0 Å². The van der Waals surface area contributed by atoms with Gasteiger partial charge in [0.15, 0.2) is 0 Å². The van der Waals surface area contributed by atoms with E-state index in [4.69, 9.17) is 14.2 Å². The van der Waals surface area contributed by atoms with Crippen molar-refractivity contribution in [3.05, 3.63) is 95.6 Å². The predicted molar refractivity (Wildman–Crippen MR) is 245 cm³/mol. The van der Waals surface area contributed by atoms with Crippen LogP contribution >= 0.6 is 0 Å². The molecule has 0 heterocycles. The maximum absolute atomic E-state index is 11.3. The van der Waals surface area contributed by atoms with Crippen molar-refractivity contribution in [1.82, 2.24) is 4.90 Å². The number of rotatable bonds is 37. The van der Waals surface area contributed by atoms with Gasteiger partial charge in [0.25, 0.3) is 0 Å². The summed E-state index contributed by atoms with van der Waals surface area (Å²) in [6.45, 7) is 7.48. The molecule has 0 unspecified atom stereocenters. The van der Waals surface area contributed by atoms with Gasteiger partial charge in [-0.2, -0.15) is 0 Å². The molecule has 0 aliphatic heterocycles. The minimum atomic E-state index is -4.33. The molecule has 10 nitrogen and oxygen atoms in total. The Labute approximate surface area is 426 Å². The Morgan fingerprint density at radius 1 is 0.444 bits per heavy atom. The second-order valence-corrected chi connectivity index (χ2v) is 19.4. The van der Waals surface area contributed by atoms with Gasteiger partial charge in [0.1, 0.15) is 17.1 Å². The molecule has 3 aromatic carbocycles. The summed E-state index contributed by atoms with van der Waals surface area (Å²) in [5.74, 6) is 0.704. The van der Waals surface area contributed by atoms with Gasteiger partial charge in [0.2, 0.25) is 0 Å². The first-order valence-electron chi connectivity index (χ1n) is 23.2. The molecular weight excluding hydrogens is 857 g/mol. The van der Waals surface area contributed by atoms with Gasteiger partial charge in [0, 0.05) is 18.1 Å². The number of nitrogens with zero attached hydrogens (tertiary/aromatic N) is 1. The first kappa shape index (κ1) is 60.0. The largest absolute Gasteiger partial charge is 1.00 e. The topological polar surface area (TPSA) is 145 Å². The Morgan fingerprint density at radius 2 is 0.810 bits per heavy atom. The molecule has 0 amide bonds. The minimum Gasteiger partial charge on any atom is -0.748 e. The summed E-state index contributed by atoms with van der Waals surface area (Å²) in [4.78, 5) is 2.08. The van der Waals surface area contributed by atoms with Crippen LogP contribution in [0.25, 0.3) is 0 Å². The van der Waals surface area contributed by atoms with Crippen LogP contribution in [0.1, 0.15) is 159 Å². The maximum Gasteiger partial charge on any atom is 1.00 e. The molecule has 0 aliphatic rings. The van der Waals surface area contributed by atoms with Gasteiger partial charge in [-0.3, -0.25) is 0 Å². The molecule has 63 heavy (non-hydrogen) atoms. The fourth-order valence-corrected chi connectivity index (χ4v) is 8.85. The van der Waals surface area contributed by atoms with E-state index in [1.807, 2.05) is 42.5 Å². The Morgan fingerprint density at radius 3 is 1.19 bits per heavy atom. The van der Waals surface area contributed by atoms with Crippen LogP contribution in [0.5, 0.6) is 11.5 Å². The Kier molecular flexibility index (Phi) is 33.5. The van der Waals surface area contributed by atoms with Gasteiger partial charge in [0.05, 0.1) is 40.1 Å². The van der Waals surface area contributed by atoms with E-state index in [1.54, 1.807) is 0 Å². The van der Waals surface area contributed by atoms with Crippen LogP contribution in [-0.4, -0.2) is 81.8 Å². The SMILES string of the molecule is CCCCCCCCCCOc1ccc(C(OCCN(CCCCS(=O)(=O)[O-])CCCCS(=O)(=O)[O-])(c2ccccc2)c2ccc(OCCCCCCCCCC)cc2)cc1.[Na+].[Na+]. The van der Waals surface area contributed by atoms with E-state index in [-0.39, 0.29) is 78.6 Å². The quantitative estimate of drug-likeness (QED) is 0.0336. The molecule has 0 spiro atoms. The van der Waals surface area contributed by atoms with Crippen LogP contribution < -0.4 is 68.6 Å². The Bertz CT molecular complexity index is 1680. The first-order valence-corrected chi connectivity index (χ1v) is 26.4. The molecule has 0 saturated heterocycles. The first-order chi connectivity index (χ1) is 29.5. The molecule has 3 aromatic rings. The molecular formula is C49H75NNa2O9S2. The second-order valence-electron chi connectivity index (χ2n) is 16.4. The number of hydrogen-bond acceptors (Lipinski definition) is 10. The van der Waals surface area contributed by atoms with Gasteiger partial charge < -0.3 is 28.2 Å². The molecule has 0 bridgehead atoms. The van der Waals surface area contributed by atoms with E-state index in [1.165, 1.54) is 77.0 Å². The Hall–Kier alpha value is -1.000.